The van der Waals surface area contributed by atoms with Crippen LogP contribution in [0.5, 0.6) is 0 Å². The fourth-order valence-electron chi connectivity index (χ4n) is 2.32. The van der Waals surface area contributed by atoms with Crippen LogP contribution in [0.4, 0.5) is 14.5 Å². The van der Waals surface area contributed by atoms with Gasteiger partial charge in [-0.25, -0.2) is 22.3 Å². The number of aryl methyl sites for hydroxylation is 1. The number of aromatic amines is 1. The van der Waals surface area contributed by atoms with Crippen LogP contribution in [-0.4, -0.2) is 18.6 Å². The normalized spacial score (nSPS) is 11.3. The summed E-state index contributed by atoms with van der Waals surface area (Å²) < 4.78 is 53.8. The molecule has 0 saturated heterocycles. The van der Waals surface area contributed by atoms with Crippen LogP contribution >= 0.6 is 0 Å². The molecule has 3 rings (SSSR count). The zero-order valence-corrected chi connectivity index (χ0v) is 14.3. The molecule has 0 saturated carbocycles. The van der Waals surface area contributed by atoms with Gasteiger partial charge in [-0.3, -0.25) is 9.52 Å². The number of H-pyrrole nitrogens is 1. The van der Waals surface area contributed by atoms with Crippen LogP contribution in [0.3, 0.4) is 0 Å². The van der Waals surface area contributed by atoms with E-state index in [1.54, 1.807) is 19.1 Å². The lowest BCUT2D eigenvalue weighted by atomic mass is 10.1. The third-order valence-electron chi connectivity index (χ3n) is 3.62. The maximum Gasteiger partial charge on any atom is 0.264 e. The molecule has 0 amide bonds. The fraction of sp³-hybridized carbons (Fsp3) is 0.0588. The molecule has 2 aromatic carbocycles. The Balaban J connectivity index is 2.01. The largest absolute Gasteiger partial charge is 0.280 e. The number of hydrogen-bond acceptors (Lipinski definition) is 4. The molecule has 2 N–H and O–H groups in total. The highest BCUT2D eigenvalue weighted by Gasteiger charge is 2.19. The van der Waals surface area contributed by atoms with E-state index in [1.165, 1.54) is 18.2 Å². The minimum atomic E-state index is -4.05. The molecule has 0 unspecified atom stereocenters. The van der Waals surface area contributed by atoms with Gasteiger partial charge in [0.25, 0.3) is 15.6 Å². The number of nitrogens with zero attached hydrogens (tertiary/aromatic N) is 1. The summed E-state index contributed by atoms with van der Waals surface area (Å²) in [5, 5.41) is 6.14. The summed E-state index contributed by atoms with van der Waals surface area (Å²) in [6.45, 7) is 1.60. The van der Waals surface area contributed by atoms with Crippen LogP contribution in [0.1, 0.15) is 5.56 Å². The van der Waals surface area contributed by atoms with Crippen LogP contribution in [0, 0.1) is 18.6 Å². The lowest BCUT2D eigenvalue weighted by Crippen LogP contribution is -2.15. The van der Waals surface area contributed by atoms with Gasteiger partial charge in [-0.15, -0.1) is 0 Å². The highest BCUT2D eigenvalue weighted by atomic mass is 32.2. The van der Waals surface area contributed by atoms with Gasteiger partial charge < -0.3 is 0 Å². The first-order valence-electron chi connectivity index (χ1n) is 7.41. The Labute approximate surface area is 147 Å². The van der Waals surface area contributed by atoms with E-state index in [2.05, 4.69) is 14.9 Å². The average molecular weight is 377 g/mol. The van der Waals surface area contributed by atoms with Crippen molar-refractivity contribution < 1.29 is 17.2 Å². The van der Waals surface area contributed by atoms with Crippen LogP contribution in [0.15, 0.2) is 58.2 Å². The molecular formula is C17H13F2N3O3S. The second kappa shape index (κ2) is 6.68. The molecule has 26 heavy (non-hydrogen) atoms. The smallest absolute Gasteiger partial charge is 0.264 e. The maximum atomic E-state index is 13.3. The van der Waals surface area contributed by atoms with Gasteiger partial charge >= 0.3 is 0 Å². The zero-order valence-electron chi connectivity index (χ0n) is 13.5. The number of aromatic nitrogens is 2. The van der Waals surface area contributed by atoms with Crippen molar-refractivity contribution in [3.63, 3.8) is 0 Å². The van der Waals surface area contributed by atoms with E-state index < -0.39 is 21.7 Å². The summed E-state index contributed by atoms with van der Waals surface area (Å²) in [6, 6.07) is 10.1. The van der Waals surface area contributed by atoms with Gasteiger partial charge in [0.05, 0.1) is 16.3 Å². The predicted octanol–water partition coefficient (Wildman–Crippen LogP) is 2.82. The summed E-state index contributed by atoms with van der Waals surface area (Å²) >= 11 is 0. The molecule has 6 nitrogen and oxygen atoms in total. The quantitative estimate of drug-likeness (QED) is 0.731. The van der Waals surface area contributed by atoms with E-state index in [-0.39, 0.29) is 16.1 Å². The van der Waals surface area contributed by atoms with E-state index in [0.717, 1.165) is 18.2 Å². The molecule has 0 fully saturated rings. The Morgan fingerprint density at radius 1 is 1.00 bits per heavy atom. The zero-order chi connectivity index (χ0) is 18.9. The fourth-order valence-corrected chi connectivity index (χ4v) is 3.65. The van der Waals surface area contributed by atoms with Gasteiger partial charge in [-0.1, -0.05) is 12.1 Å². The van der Waals surface area contributed by atoms with Gasteiger partial charge in [0.2, 0.25) is 0 Å². The molecule has 1 aromatic heterocycles. The molecule has 1 heterocycles. The molecule has 0 aliphatic carbocycles. The molecule has 0 radical (unpaired) electrons. The van der Waals surface area contributed by atoms with Gasteiger partial charge in [0.15, 0.2) is 11.6 Å². The van der Waals surface area contributed by atoms with Crippen molar-refractivity contribution in [2.75, 3.05) is 4.72 Å². The topological polar surface area (TPSA) is 91.9 Å². The van der Waals surface area contributed by atoms with Crippen LogP contribution < -0.4 is 10.3 Å². The molecule has 0 spiro atoms. The van der Waals surface area contributed by atoms with Crippen molar-refractivity contribution in [2.45, 2.75) is 11.8 Å². The Morgan fingerprint density at radius 2 is 1.77 bits per heavy atom. The van der Waals surface area contributed by atoms with E-state index in [0.29, 0.717) is 16.8 Å². The number of hydrogen-bond donors (Lipinski definition) is 2. The van der Waals surface area contributed by atoms with Crippen molar-refractivity contribution in [1.29, 1.82) is 0 Å². The summed E-state index contributed by atoms with van der Waals surface area (Å²) in [7, 11) is -4.05. The van der Waals surface area contributed by atoms with Crippen LogP contribution in [0.25, 0.3) is 11.3 Å². The van der Waals surface area contributed by atoms with E-state index in [1.807, 2.05) is 0 Å². The van der Waals surface area contributed by atoms with Gasteiger partial charge in [0.1, 0.15) is 0 Å². The van der Waals surface area contributed by atoms with Crippen molar-refractivity contribution in [2.24, 2.45) is 0 Å². The van der Waals surface area contributed by atoms with Crippen molar-refractivity contribution in [3.05, 3.63) is 76.1 Å². The first kappa shape index (κ1) is 17.7. The Bertz CT molecular complexity index is 1120. The number of benzene rings is 2. The lowest BCUT2D eigenvalue weighted by Gasteiger charge is -2.12. The van der Waals surface area contributed by atoms with Crippen LogP contribution in [-0.2, 0) is 10.0 Å². The third kappa shape index (κ3) is 3.62. The monoisotopic (exact) mass is 377 g/mol. The highest BCUT2D eigenvalue weighted by Crippen LogP contribution is 2.25. The maximum absolute atomic E-state index is 13.3. The van der Waals surface area contributed by atoms with Crippen LogP contribution in [0.2, 0.25) is 0 Å². The Kier molecular flexibility index (Phi) is 4.56. The van der Waals surface area contributed by atoms with Crippen molar-refractivity contribution in [1.82, 2.24) is 10.2 Å². The van der Waals surface area contributed by atoms with Crippen molar-refractivity contribution >= 4 is 15.7 Å². The summed E-state index contributed by atoms with van der Waals surface area (Å²) in [6.07, 6.45) is 0. The minimum Gasteiger partial charge on any atom is -0.280 e. The third-order valence-corrected chi connectivity index (χ3v) is 5.15. The number of nitrogens with one attached hydrogen (secondary N) is 2. The standard InChI is InChI=1S/C17H13F2N3O3S/c1-10-2-3-11(15-6-7-17(23)21-20-15)8-16(10)26(24,25)22-12-4-5-13(18)14(19)9-12/h2-9,22H,1H3,(H,21,23). The molecule has 9 heteroatoms. The molecule has 0 aliphatic rings. The lowest BCUT2D eigenvalue weighted by molar-refractivity contribution is 0.509. The second-order valence-electron chi connectivity index (χ2n) is 5.52. The second-order valence-corrected chi connectivity index (χ2v) is 7.17. The van der Waals surface area contributed by atoms with Gasteiger partial charge in [-0.05, 0) is 36.8 Å². The molecule has 0 bridgehead atoms. The summed E-state index contributed by atoms with van der Waals surface area (Å²) in [5.41, 5.74) is 0.823. The number of sulfonamides is 1. The number of halogens is 2. The molecule has 3 aromatic rings. The Morgan fingerprint density at radius 3 is 2.42 bits per heavy atom. The molecule has 134 valence electrons. The first-order chi connectivity index (χ1) is 12.3. The van der Waals surface area contributed by atoms with E-state index in [4.69, 9.17) is 0 Å². The van der Waals surface area contributed by atoms with Gasteiger partial charge in [0, 0.05) is 17.7 Å². The highest BCUT2D eigenvalue weighted by molar-refractivity contribution is 7.92. The van der Waals surface area contributed by atoms with Crippen molar-refractivity contribution in [3.8, 4) is 11.3 Å². The summed E-state index contributed by atoms with van der Waals surface area (Å²) in [5.74, 6) is -2.23. The molecular weight excluding hydrogens is 364 g/mol. The SMILES string of the molecule is Cc1ccc(-c2ccc(=O)[nH]n2)cc1S(=O)(=O)Nc1ccc(F)c(F)c1. The number of rotatable bonds is 4. The Hall–Kier alpha value is -3.07. The van der Waals surface area contributed by atoms with E-state index in [9.17, 15) is 22.0 Å². The van der Waals surface area contributed by atoms with Gasteiger partial charge in [-0.2, -0.15) is 5.10 Å². The molecule has 0 aliphatic heterocycles. The average Bonchev–Trinajstić information content (AvgIpc) is 2.59. The number of anilines is 1. The van der Waals surface area contributed by atoms with E-state index >= 15 is 0 Å². The first-order valence-corrected chi connectivity index (χ1v) is 8.89. The summed E-state index contributed by atoms with van der Waals surface area (Å²) in [4.78, 5) is 11.1. The minimum absolute atomic E-state index is 0.0484. The predicted molar refractivity (Wildman–Crippen MR) is 92.2 cm³/mol. The molecule has 0 atom stereocenters.